The summed E-state index contributed by atoms with van der Waals surface area (Å²) in [5.74, 6) is -2.05. The minimum atomic E-state index is -1.19. The summed E-state index contributed by atoms with van der Waals surface area (Å²) >= 11 is 0. The molecule has 92 valence electrons. The predicted molar refractivity (Wildman–Crippen MR) is 61.3 cm³/mol. The van der Waals surface area contributed by atoms with Crippen LogP contribution in [-0.2, 0) is 9.59 Å². The van der Waals surface area contributed by atoms with Crippen LogP contribution in [0.1, 0.15) is 46.0 Å². The van der Waals surface area contributed by atoms with Gasteiger partial charge in [-0.2, -0.15) is 0 Å². The van der Waals surface area contributed by atoms with Crippen LogP contribution in [0.5, 0.6) is 0 Å². The topological polar surface area (TPSA) is 74.6 Å². The number of hydrogen-bond donors (Lipinski definition) is 2. The van der Waals surface area contributed by atoms with Gasteiger partial charge >= 0.3 is 11.9 Å². The average Bonchev–Trinajstić information content (AvgIpc) is 2.21. The van der Waals surface area contributed by atoms with Crippen LogP contribution in [0.25, 0.3) is 0 Å². The quantitative estimate of drug-likeness (QED) is 0.626. The van der Waals surface area contributed by atoms with Crippen molar-refractivity contribution in [2.45, 2.75) is 46.0 Å². The zero-order chi connectivity index (χ0) is 12.6. The number of rotatable bonds is 8. The molecule has 1 unspecified atom stereocenters. The smallest absolute Gasteiger partial charge is 0.331 e. The van der Waals surface area contributed by atoms with E-state index in [-0.39, 0.29) is 11.5 Å². The molecule has 0 heterocycles. The summed E-state index contributed by atoms with van der Waals surface area (Å²) in [7, 11) is 0. The second-order valence-electron chi connectivity index (χ2n) is 3.93. The Hall–Kier alpha value is -1.32. The van der Waals surface area contributed by atoms with Gasteiger partial charge in [-0.25, -0.2) is 9.59 Å². The number of aliphatic carboxylic acids is 2. The molecule has 0 saturated heterocycles. The molecule has 0 aliphatic heterocycles. The molecule has 0 saturated carbocycles. The first-order valence-corrected chi connectivity index (χ1v) is 5.68. The van der Waals surface area contributed by atoms with E-state index in [0.29, 0.717) is 6.42 Å². The third-order valence-electron chi connectivity index (χ3n) is 2.62. The van der Waals surface area contributed by atoms with Crippen LogP contribution in [0.4, 0.5) is 0 Å². The molecule has 1 atom stereocenters. The van der Waals surface area contributed by atoms with E-state index in [1.807, 2.05) is 6.92 Å². The van der Waals surface area contributed by atoms with Gasteiger partial charge in [-0.15, -0.1) is 0 Å². The van der Waals surface area contributed by atoms with Crippen molar-refractivity contribution in [1.29, 1.82) is 0 Å². The van der Waals surface area contributed by atoms with Crippen LogP contribution in [-0.4, -0.2) is 22.2 Å². The third kappa shape index (κ3) is 6.22. The molecule has 0 bridgehead atoms. The predicted octanol–water partition coefficient (Wildman–Crippen LogP) is 2.69. The van der Waals surface area contributed by atoms with Crippen LogP contribution in [0.2, 0.25) is 0 Å². The van der Waals surface area contributed by atoms with Crippen molar-refractivity contribution in [3.05, 3.63) is 11.6 Å². The van der Waals surface area contributed by atoms with Crippen molar-refractivity contribution in [3.63, 3.8) is 0 Å². The first kappa shape index (κ1) is 14.7. The lowest BCUT2D eigenvalue weighted by atomic mass is 9.92. The maximum Gasteiger partial charge on any atom is 0.331 e. The van der Waals surface area contributed by atoms with E-state index in [4.69, 9.17) is 10.2 Å². The first-order chi connectivity index (χ1) is 7.51. The van der Waals surface area contributed by atoms with Crippen molar-refractivity contribution >= 4 is 11.9 Å². The molecule has 0 radical (unpaired) electrons. The Kier molecular flexibility index (Phi) is 7.25. The largest absolute Gasteiger partial charge is 0.478 e. The van der Waals surface area contributed by atoms with Gasteiger partial charge in [-0.05, 0) is 12.3 Å². The molecule has 0 aromatic carbocycles. The molecule has 4 nitrogen and oxygen atoms in total. The van der Waals surface area contributed by atoms with Crippen LogP contribution in [0.3, 0.4) is 0 Å². The molecule has 0 aliphatic rings. The Morgan fingerprint density at radius 3 is 2.25 bits per heavy atom. The molecule has 0 fully saturated rings. The molecule has 0 rings (SSSR count). The normalized spacial score (nSPS) is 13.5. The van der Waals surface area contributed by atoms with Gasteiger partial charge in [-0.1, -0.05) is 39.5 Å². The minimum absolute atomic E-state index is 0.00421. The Labute approximate surface area is 96.0 Å². The zero-order valence-corrected chi connectivity index (χ0v) is 9.90. The molecule has 0 spiro atoms. The monoisotopic (exact) mass is 228 g/mol. The Balaban J connectivity index is 4.47. The van der Waals surface area contributed by atoms with Crippen molar-refractivity contribution in [1.82, 2.24) is 0 Å². The first-order valence-electron chi connectivity index (χ1n) is 5.68. The maximum absolute atomic E-state index is 10.8. The summed E-state index contributed by atoms with van der Waals surface area (Å²) in [4.78, 5) is 21.3. The highest BCUT2D eigenvalue weighted by Crippen LogP contribution is 2.21. The van der Waals surface area contributed by atoms with E-state index >= 15 is 0 Å². The summed E-state index contributed by atoms with van der Waals surface area (Å²) in [6, 6.07) is 0. The Bertz CT molecular complexity index is 268. The lowest BCUT2D eigenvalue weighted by Gasteiger charge is -2.14. The van der Waals surface area contributed by atoms with Gasteiger partial charge in [0.15, 0.2) is 0 Å². The number of carboxylic acid groups (broad SMARTS) is 2. The van der Waals surface area contributed by atoms with Crippen molar-refractivity contribution in [2.75, 3.05) is 0 Å². The molecule has 4 heteroatoms. The number of carbonyl (C=O) groups is 2. The maximum atomic E-state index is 10.8. The molecule has 0 amide bonds. The molecule has 0 aromatic rings. The Morgan fingerprint density at radius 2 is 1.88 bits per heavy atom. The SMILES string of the molecule is CCCCC(CC)C/C(=C\C(=O)O)C(=O)O. The molecule has 2 N–H and O–H groups in total. The number of carboxylic acids is 2. The summed E-state index contributed by atoms with van der Waals surface area (Å²) in [6.07, 6.45) is 5.11. The lowest BCUT2D eigenvalue weighted by Crippen LogP contribution is -2.09. The summed E-state index contributed by atoms with van der Waals surface area (Å²) in [6.45, 7) is 4.08. The van der Waals surface area contributed by atoms with E-state index in [1.54, 1.807) is 0 Å². The summed E-state index contributed by atoms with van der Waals surface area (Å²) in [5, 5.41) is 17.4. The van der Waals surface area contributed by atoms with Crippen LogP contribution in [0.15, 0.2) is 11.6 Å². The van der Waals surface area contributed by atoms with Crippen molar-refractivity contribution < 1.29 is 19.8 Å². The van der Waals surface area contributed by atoms with Gasteiger partial charge in [0, 0.05) is 11.6 Å². The summed E-state index contributed by atoms with van der Waals surface area (Å²) < 4.78 is 0. The van der Waals surface area contributed by atoms with Crippen molar-refractivity contribution in [3.8, 4) is 0 Å². The highest BCUT2D eigenvalue weighted by Gasteiger charge is 2.15. The molecule has 0 aliphatic carbocycles. The van der Waals surface area contributed by atoms with Gasteiger partial charge < -0.3 is 10.2 Å². The lowest BCUT2D eigenvalue weighted by molar-refractivity contribution is -0.135. The van der Waals surface area contributed by atoms with E-state index in [0.717, 1.165) is 31.8 Å². The highest BCUT2D eigenvalue weighted by atomic mass is 16.4. The minimum Gasteiger partial charge on any atom is -0.478 e. The number of hydrogen-bond acceptors (Lipinski definition) is 2. The van der Waals surface area contributed by atoms with Crippen molar-refractivity contribution in [2.24, 2.45) is 5.92 Å². The average molecular weight is 228 g/mol. The Morgan fingerprint density at radius 1 is 1.25 bits per heavy atom. The highest BCUT2D eigenvalue weighted by molar-refractivity contribution is 5.94. The van der Waals surface area contributed by atoms with Crippen LogP contribution >= 0.6 is 0 Å². The van der Waals surface area contributed by atoms with Gasteiger partial charge in [0.2, 0.25) is 0 Å². The standard InChI is InChI=1S/C12H20O4/c1-3-5-6-9(4-2)7-10(12(15)16)8-11(13)14/h8-9H,3-7H2,1-2H3,(H,13,14)(H,15,16)/b10-8+. The fraction of sp³-hybridized carbons (Fsp3) is 0.667. The second-order valence-corrected chi connectivity index (χ2v) is 3.93. The zero-order valence-electron chi connectivity index (χ0n) is 9.90. The summed E-state index contributed by atoms with van der Waals surface area (Å²) in [5.41, 5.74) is -0.00421. The molecule has 16 heavy (non-hydrogen) atoms. The van der Waals surface area contributed by atoms with Crippen LogP contribution < -0.4 is 0 Å². The fourth-order valence-corrected chi connectivity index (χ4v) is 1.61. The molecular weight excluding hydrogens is 208 g/mol. The number of unbranched alkanes of at least 4 members (excludes halogenated alkanes) is 1. The van der Waals surface area contributed by atoms with E-state index < -0.39 is 11.9 Å². The van der Waals surface area contributed by atoms with E-state index in [9.17, 15) is 9.59 Å². The van der Waals surface area contributed by atoms with E-state index in [1.165, 1.54) is 0 Å². The van der Waals surface area contributed by atoms with Gasteiger partial charge in [0.25, 0.3) is 0 Å². The molecular formula is C12H20O4. The van der Waals surface area contributed by atoms with Gasteiger partial charge in [-0.3, -0.25) is 0 Å². The third-order valence-corrected chi connectivity index (χ3v) is 2.62. The van der Waals surface area contributed by atoms with Crippen LogP contribution in [0, 0.1) is 5.92 Å². The van der Waals surface area contributed by atoms with E-state index in [2.05, 4.69) is 6.92 Å². The fourth-order valence-electron chi connectivity index (χ4n) is 1.61. The molecule has 0 aromatic heterocycles. The second kappa shape index (κ2) is 7.91. The van der Waals surface area contributed by atoms with Gasteiger partial charge in [0.1, 0.15) is 0 Å². The van der Waals surface area contributed by atoms with Gasteiger partial charge in [0.05, 0.1) is 0 Å².